The predicted octanol–water partition coefficient (Wildman–Crippen LogP) is 0.608. The number of aromatic hydroxyl groups is 1. The zero-order valence-electron chi connectivity index (χ0n) is 10.6. The van der Waals surface area contributed by atoms with Crippen LogP contribution in [-0.4, -0.2) is 35.6 Å². The van der Waals surface area contributed by atoms with Crippen LogP contribution in [0.25, 0.3) is 0 Å². The van der Waals surface area contributed by atoms with Crippen molar-refractivity contribution in [3.8, 4) is 5.75 Å². The normalized spacial score (nSPS) is 12.6. The van der Waals surface area contributed by atoms with Crippen molar-refractivity contribution >= 4 is 21.7 Å². The molecule has 0 aliphatic carbocycles. The molecule has 0 aromatic heterocycles. The van der Waals surface area contributed by atoms with E-state index in [2.05, 4.69) is 6.58 Å². The van der Waals surface area contributed by atoms with Gasteiger partial charge in [0.15, 0.2) is 5.75 Å². The van der Waals surface area contributed by atoms with Gasteiger partial charge in [0.05, 0.1) is 9.82 Å². The number of sulfonamides is 1. The molecule has 114 valence electrons. The molecule has 1 aromatic rings. The first kappa shape index (κ1) is 16.6. The number of hydrogen-bond acceptors (Lipinski definition) is 6. The Bertz CT molecular complexity index is 684. The van der Waals surface area contributed by atoms with Crippen LogP contribution in [0.2, 0.25) is 0 Å². The highest BCUT2D eigenvalue weighted by Crippen LogP contribution is 2.28. The van der Waals surface area contributed by atoms with E-state index in [0.717, 1.165) is 12.1 Å². The first-order chi connectivity index (χ1) is 9.69. The van der Waals surface area contributed by atoms with Gasteiger partial charge in [-0.2, -0.15) is 4.72 Å². The summed E-state index contributed by atoms with van der Waals surface area (Å²) in [5.74, 6) is -2.11. The van der Waals surface area contributed by atoms with Gasteiger partial charge in [-0.15, -0.1) is 6.58 Å². The summed E-state index contributed by atoms with van der Waals surface area (Å²) in [7, 11) is -4.29. The second kappa shape index (κ2) is 6.33. The summed E-state index contributed by atoms with van der Waals surface area (Å²) in [6.07, 6.45) is 1.06. The van der Waals surface area contributed by atoms with E-state index in [1.54, 1.807) is 0 Å². The third-order valence-electron chi connectivity index (χ3n) is 2.45. The molecule has 0 aliphatic rings. The van der Waals surface area contributed by atoms with Crippen LogP contribution in [0.3, 0.4) is 0 Å². The van der Waals surface area contributed by atoms with Gasteiger partial charge in [-0.05, 0) is 18.6 Å². The lowest BCUT2D eigenvalue weighted by Crippen LogP contribution is -2.40. The van der Waals surface area contributed by atoms with Crippen LogP contribution >= 0.6 is 0 Å². The molecule has 1 rings (SSSR count). The molecule has 0 fully saturated rings. The SMILES string of the molecule is C=CCC(NS(=O)(=O)c1ccc(O)c([N+](=O)[O-])c1)C(=O)O. The Hall–Kier alpha value is -2.46. The van der Waals surface area contributed by atoms with Crippen molar-refractivity contribution in [1.29, 1.82) is 0 Å². The molecule has 0 spiro atoms. The van der Waals surface area contributed by atoms with Gasteiger partial charge >= 0.3 is 11.7 Å². The maximum absolute atomic E-state index is 12.0. The molecule has 0 aliphatic heterocycles. The van der Waals surface area contributed by atoms with Gasteiger partial charge in [0.25, 0.3) is 0 Å². The third-order valence-corrected chi connectivity index (χ3v) is 3.92. The number of carbonyl (C=O) groups is 1. The average Bonchev–Trinajstić information content (AvgIpc) is 2.37. The fraction of sp³-hybridized carbons (Fsp3) is 0.182. The van der Waals surface area contributed by atoms with Crippen molar-refractivity contribution in [1.82, 2.24) is 4.72 Å². The van der Waals surface area contributed by atoms with Crippen LogP contribution in [0.4, 0.5) is 5.69 Å². The van der Waals surface area contributed by atoms with E-state index >= 15 is 0 Å². The lowest BCUT2D eigenvalue weighted by atomic mass is 10.2. The van der Waals surface area contributed by atoms with Crippen molar-refractivity contribution in [3.05, 3.63) is 41.0 Å². The first-order valence-corrected chi connectivity index (χ1v) is 7.00. The topological polar surface area (TPSA) is 147 Å². The fourth-order valence-corrected chi connectivity index (χ4v) is 2.66. The van der Waals surface area contributed by atoms with E-state index in [9.17, 15) is 28.4 Å². The summed E-state index contributed by atoms with van der Waals surface area (Å²) in [5.41, 5.74) is -0.798. The van der Waals surface area contributed by atoms with Crippen LogP contribution in [0.5, 0.6) is 5.75 Å². The lowest BCUT2D eigenvalue weighted by Gasteiger charge is -2.13. The Morgan fingerprint density at radius 2 is 2.14 bits per heavy atom. The zero-order chi connectivity index (χ0) is 16.2. The number of rotatable bonds is 7. The highest BCUT2D eigenvalue weighted by atomic mass is 32.2. The molecular formula is C11H12N2O7S. The summed E-state index contributed by atoms with van der Waals surface area (Å²) in [6.45, 7) is 3.31. The second-order valence-corrected chi connectivity index (χ2v) is 5.66. The Morgan fingerprint density at radius 3 is 2.62 bits per heavy atom. The number of benzene rings is 1. The molecule has 0 amide bonds. The summed E-state index contributed by atoms with van der Waals surface area (Å²) in [4.78, 5) is 20.1. The number of nitro benzene ring substituents is 1. The minimum atomic E-state index is -4.29. The van der Waals surface area contributed by atoms with Gasteiger partial charge in [-0.1, -0.05) is 6.08 Å². The Morgan fingerprint density at radius 1 is 1.52 bits per heavy atom. The summed E-state index contributed by atoms with van der Waals surface area (Å²) < 4.78 is 25.9. The molecule has 10 heteroatoms. The molecular weight excluding hydrogens is 304 g/mol. The predicted molar refractivity (Wildman–Crippen MR) is 71.3 cm³/mol. The van der Waals surface area contributed by atoms with Crippen molar-refractivity contribution in [2.24, 2.45) is 0 Å². The van der Waals surface area contributed by atoms with E-state index in [1.165, 1.54) is 6.08 Å². The highest BCUT2D eigenvalue weighted by molar-refractivity contribution is 7.89. The molecule has 0 saturated heterocycles. The molecule has 0 bridgehead atoms. The van der Waals surface area contributed by atoms with Gasteiger partial charge in [0, 0.05) is 6.07 Å². The van der Waals surface area contributed by atoms with Gasteiger partial charge in [-0.3, -0.25) is 14.9 Å². The Balaban J connectivity index is 3.19. The lowest BCUT2D eigenvalue weighted by molar-refractivity contribution is -0.386. The smallest absolute Gasteiger partial charge is 0.322 e. The van der Waals surface area contributed by atoms with Crippen LogP contribution in [-0.2, 0) is 14.8 Å². The largest absolute Gasteiger partial charge is 0.502 e. The number of nitrogens with one attached hydrogen (secondary N) is 1. The number of hydrogen-bond donors (Lipinski definition) is 3. The van der Waals surface area contributed by atoms with E-state index in [1.807, 2.05) is 4.72 Å². The molecule has 0 saturated carbocycles. The Kier molecular flexibility index (Phi) is 5.00. The van der Waals surface area contributed by atoms with E-state index in [-0.39, 0.29) is 6.42 Å². The number of phenols is 1. The number of nitro groups is 1. The van der Waals surface area contributed by atoms with Crippen LogP contribution in [0, 0.1) is 10.1 Å². The maximum atomic E-state index is 12.0. The fourth-order valence-electron chi connectivity index (χ4n) is 1.44. The van der Waals surface area contributed by atoms with E-state index in [4.69, 9.17) is 5.11 Å². The number of carboxylic acid groups (broad SMARTS) is 1. The highest BCUT2D eigenvalue weighted by Gasteiger charge is 2.26. The molecule has 9 nitrogen and oxygen atoms in total. The molecule has 1 atom stereocenters. The van der Waals surface area contributed by atoms with Gasteiger partial charge in [0.2, 0.25) is 10.0 Å². The minimum Gasteiger partial charge on any atom is -0.502 e. The third kappa shape index (κ3) is 4.00. The first-order valence-electron chi connectivity index (χ1n) is 5.52. The number of aliphatic carboxylic acids is 1. The molecule has 0 radical (unpaired) electrons. The van der Waals surface area contributed by atoms with Crippen LogP contribution in [0.15, 0.2) is 35.7 Å². The van der Waals surface area contributed by atoms with Gasteiger partial charge in [-0.25, -0.2) is 8.42 Å². The zero-order valence-corrected chi connectivity index (χ0v) is 11.4. The minimum absolute atomic E-state index is 0.158. The van der Waals surface area contributed by atoms with Crippen molar-refractivity contribution in [2.45, 2.75) is 17.4 Å². The standard InChI is InChI=1S/C11H12N2O7S/c1-2-3-8(11(15)16)12-21(19,20)7-4-5-10(14)9(6-7)13(17)18/h2,4-6,8,12,14H,1,3H2,(H,15,16). The van der Waals surface area contributed by atoms with Gasteiger partial charge in [0.1, 0.15) is 6.04 Å². The number of nitrogens with zero attached hydrogens (tertiary/aromatic N) is 1. The summed E-state index contributed by atoms with van der Waals surface area (Å²) in [6, 6.07) is 0.971. The molecule has 3 N–H and O–H groups in total. The van der Waals surface area contributed by atoms with E-state index < -0.39 is 43.3 Å². The molecule has 1 aromatic carbocycles. The summed E-state index contributed by atoms with van der Waals surface area (Å²) >= 11 is 0. The average molecular weight is 316 g/mol. The molecule has 21 heavy (non-hydrogen) atoms. The van der Waals surface area contributed by atoms with Crippen LogP contribution < -0.4 is 4.72 Å². The number of carboxylic acids is 1. The maximum Gasteiger partial charge on any atom is 0.322 e. The monoisotopic (exact) mass is 316 g/mol. The summed E-state index contributed by atoms with van der Waals surface area (Å²) in [5, 5.41) is 28.8. The van der Waals surface area contributed by atoms with E-state index in [0.29, 0.717) is 6.07 Å². The quantitative estimate of drug-likeness (QED) is 0.379. The molecule has 1 unspecified atom stereocenters. The second-order valence-electron chi connectivity index (χ2n) is 3.94. The van der Waals surface area contributed by atoms with Crippen LogP contribution in [0.1, 0.15) is 6.42 Å². The number of phenolic OH excluding ortho intramolecular Hbond substituents is 1. The van der Waals surface area contributed by atoms with Gasteiger partial charge < -0.3 is 10.2 Å². The van der Waals surface area contributed by atoms with Crippen molar-refractivity contribution in [2.75, 3.05) is 0 Å². The van der Waals surface area contributed by atoms with Crippen molar-refractivity contribution in [3.63, 3.8) is 0 Å². The Labute approximate surface area is 119 Å². The molecule has 0 heterocycles. The van der Waals surface area contributed by atoms with Crippen molar-refractivity contribution < 1.29 is 28.3 Å².